The van der Waals surface area contributed by atoms with E-state index in [-0.39, 0.29) is 18.7 Å². The SMILES string of the molecule is COc1cc(C=NNC(=O)Cn2cnc3sc(-c4ccccc4)cc3c2=O)ccc1OCc1c(Cl)cccc1Cl. The first-order valence-corrected chi connectivity index (χ1v) is 13.6. The molecule has 0 aliphatic rings. The number of hydrazone groups is 1. The molecule has 5 aromatic rings. The van der Waals surface area contributed by atoms with Crippen LogP contribution in [0.25, 0.3) is 20.7 Å². The van der Waals surface area contributed by atoms with Crippen LogP contribution in [0.15, 0.2) is 89.0 Å². The summed E-state index contributed by atoms with van der Waals surface area (Å²) in [5, 5.41) is 5.49. The van der Waals surface area contributed by atoms with Crippen LogP contribution in [-0.2, 0) is 17.9 Å². The number of ether oxygens (including phenoxy) is 2. The molecule has 0 fully saturated rings. The summed E-state index contributed by atoms with van der Waals surface area (Å²) in [5.41, 5.74) is 4.49. The molecule has 0 saturated carbocycles. The number of thiophene rings is 1. The van der Waals surface area contributed by atoms with Crippen LogP contribution in [0, 0.1) is 0 Å². The Kier molecular flexibility index (Phi) is 8.45. The number of amides is 1. The van der Waals surface area contributed by atoms with Gasteiger partial charge in [-0.2, -0.15) is 5.10 Å². The van der Waals surface area contributed by atoms with Crippen molar-refractivity contribution in [2.75, 3.05) is 7.11 Å². The van der Waals surface area contributed by atoms with Crippen molar-refractivity contribution in [3.63, 3.8) is 0 Å². The highest BCUT2D eigenvalue weighted by atomic mass is 35.5. The zero-order valence-electron chi connectivity index (χ0n) is 21.1. The molecular weight excluding hydrogens is 571 g/mol. The fourth-order valence-corrected chi connectivity index (χ4v) is 5.39. The maximum atomic E-state index is 13.0. The van der Waals surface area contributed by atoms with E-state index in [1.54, 1.807) is 42.5 Å². The zero-order chi connectivity index (χ0) is 28.1. The van der Waals surface area contributed by atoms with E-state index >= 15 is 0 Å². The first-order valence-electron chi connectivity index (χ1n) is 12.0. The molecule has 2 heterocycles. The van der Waals surface area contributed by atoms with Crippen molar-refractivity contribution in [3.8, 4) is 21.9 Å². The molecule has 0 spiro atoms. The molecule has 2 aromatic heterocycles. The highest BCUT2D eigenvalue weighted by Gasteiger charge is 2.13. The summed E-state index contributed by atoms with van der Waals surface area (Å²) in [5.74, 6) is 0.488. The summed E-state index contributed by atoms with van der Waals surface area (Å²) >= 11 is 13.9. The van der Waals surface area contributed by atoms with Crippen molar-refractivity contribution in [1.82, 2.24) is 15.0 Å². The summed E-state index contributed by atoms with van der Waals surface area (Å²) in [4.78, 5) is 31.4. The molecule has 1 amide bonds. The Balaban J connectivity index is 1.22. The number of rotatable bonds is 9. The van der Waals surface area contributed by atoms with Crippen molar-refractivity contribution in [2.24, 2.45) is 5.10 Å². The third-order valence-corrected chi connectivity index (χ3v) is 7.71. The van der Waals surface area contributed by atoms with Gasteiger partial charge in [0.15, 0.2) is 11.5 Å². The van der Waals surface area contributed by atoms with Gasteiger partial charge in [0.2, 0.25) is 0 Å². The Morgan fingerprint density at radius 1 is 1.05 bits per heavy atom. The standard InChI is InChI=1S/C29H22Cl2N4O4S/c1-38-25-12-18(10-11-24(25)39-16-21-22(30)8-5-9-23(21)31)14-33-34-27(36)15-35-17-32-28-20(29(35)37)13-26(40-28)19-6-3-2-4-7-19/h2-14,17H,15-16H2,1H3,(H,34,36). The third-order valence-electron chi connectivity index (χ3n) is 5.91. The van der Waals surface area contributed by atoms with Gasteiger partial charge in [0.1, 0.15) is 18.0 Å². The zero-order valence-corrected chi connectivity index (χ0v) is 23.5. The summed E-state index contributed by atoms with van der Waals surface area (Å²) in [6.45, 7) is -0.0618. The van der Waals surface area contributed by atoms with E-state index in [2.05, 4.69) is 15.5 Å². The van der Waals surface area contributed by atoms with E-state index in [9.17, 15) is 9.59 Å². The number of carbonyl (C=O) groups excluding carboxylic acids is 1. The molecule has 11 heteroatoms. The molecule has 1 N–H and O–H groups in total. The topological polar surface area (TPSA) is 94.8 Å². The minimum absolute atomic E-state index is 0.164. The molecule has 8 nitrogen and oxygen atoms in total. The van der Waals surface area contributed by atoms with Gasteiger partial charge < -0.3 is 9.47 Å². The van der Waals surface area contributed by atoms with Crippen LogP contribution in [0.1, 0.15) is 11.1 Å². The van der Waals surface area contributed by atoms with E-state index in [0.29, 0.717) is 42.9 Å². The van der Waals surface area contributed by atoms with Crippen molar-refractivity contribution in [3.05, 3.63) is 111 Å². The Hall–Kier alpha value is -4.18. The minimum Gasteiger partial charge on any atom is -0.493 e. The van der Waals surface area contributed by atoms with Gasteiger partial charge in [-0.05, 0) is 47.5 Å². The van der Waals surface area contributed by atoms with Crippen LogP contribution in [0.4, 0.5) is 0 Å². The Morgan fingerprint density at radius 3 is 2.58 bits per heavy atom. The Labute approximate surface area is 243 Å². The number of benzene rings is 3. The molecule has 0 aliphatic heterocycles. The number of hydrogen-bond donors (Lipinski definition) is 1. The number of halogens is 2. The van der Waals surface area contributed by atoms with E-state index in [1.807, 2.05) is 30.3 Å². The summed E-state index contributed by atoms with van der Waals surface area (Å²) in [6.07, 6.45) is 2.84. The number of aromatic nitrogens is 2. The van der Waals surface area contributed by atoms with Gasteiger partial charge in [-0.3, -0.25) is 14.2 Å². The molecule has 0 radical (unpaired) electrons. The summed E-state index contributed by atoms with van der Waals surface area (Å²) in [7, 11) is 1.52. The van der Waals surface area contributed by atoms with Gasteiger partial charge >= 0.3 is 0 Å². The molecular formula is C29H22Cl2N4O4S. The first kappa shape index (κ1) is 27.4. The van der Waals surface area contributed by atoms with Crippen molar-refractivity contribution in [2.45, 2.75) is 13.2 Å². The number of nitrogens with one attached hydrogen (secondary N) is 1. The van der Waals surface area contributed by atoms with E-state index in [1.165, 1.54) is 35.6 Å². The monoisotopic (exact) mass is 592 g/mol. The second-order valence-electron chi connectivity index (χ2n) is 8.57. The maximum absolute atomic E-state index is 13.0. The van der Waals surface area contributed by atoms with Crippen LogP contribution in [0.2, 0.25) is 10.0 Å². The molecule has 3 aromatic carbocycles. The van der Waals surface area contributed by atoms with Gasteiger partial charge in [-0.1, -0.05) is 59.6 Å². The number of carbonyl (C=O) groups is 1. The lowest BCUT2D eigenvalue weighted by atomic mass is 10.2. The van der Waals surface area contributed by atoms with Crippen LogP contribution >= 0.6 is 34.5 Å². The summed E-state index contributed by atoms with van der Waals surface area (Å²) < 4.78 is 12.6. The lowest BCUT2D eigenvalue weighted by Gasteiger charge is -2.13. The van der Waals surface area contributed by atoms with E-state index in [4.69, 9.17) is 32.7 Å². The van der Waals surface area contributed by atoms with Gasteiger partial charge in [0.25, 0.3) is 11.5 Å². The predicted octanol–water partition coefficient (Wildman–Crippen LogP) is 6.17. The van der Waals surface area contributed by atoms with Crippen LogP contribution in [0.3, 0.4) is 0 Å². The highest BCUT2D eigenvalue weighted by molar-refractivity contribution is 7.21. The van der Waals surface area contributed by atoms with Crippen molar-refractivity contribution in [1.29, 1.82) is 0 Å². The third kappa shape index (κ3) is 6.17. The number of nitrogens with zero attached hydrogens (tertiary/aromatic N) is 3. The average Bonchev–Trinajstić information content (AvgIpc) is 3.41. The number of fused-ring (bicyclic) bond motifs is 1. The van der Waals surface area contributed by atoms with Gasteiger partial charge in [0, 0.05) is 20.5 Å². The molecule has 40 heavy (non-hydrogen) atoms. The van der Waals surface area contributed by atoms with Crippen LogP contribution in [-0.4, -0.2) is 28.8 Å². The second kappa shape index (κ2) is 12.3. The highest BCUT2D eigenvalue weighted by Crippen LogP contribution is 2.32. The lowest BCUT2D eigenvalue weighted by molar-refractivity contribution is -0.121. The maximum Gasteiger partial charge on any atom is 0.262 e. The normalized spacial score (nSPS) is 11.2. The van der Waals surface area contributed by atoms with E-state index in [0.717, 1.165) is 10.4 Å². The Morgan fingerprint density at radius 2 is 1.82 bits per heavy atom. The molecule has 5 rings (SSSR count). The van der Waals surface area contributed by atoms with Crippen molar-refractivity contribution >= 4 is 56.9 Å². The number of methoxy groups -OCH3 is 1. The summed E-state index contributed by atoms with van der Waals surface area (Å²) in [6, 6.07) is 22.0. The largest absolute Gasteiger partial charge is 0.493 e. The second-order valence-corrected chi connectivity index (χ2v) is 10.4. The minimum atomic E-state index is -0.471. The van der Waals surface area contributed by atoms with E-state index < -0.39 is 5.91 Å². The van der Waals surface area contributed by atoms with Gasteiger partial charge in [0.05, 0.1) is 25.0 Å². The molecule has 0 saturated heterocycles. The Bertz CT molecular complexity index is 1750. The lowest BCUT2D eigenvalue weighted by Crippen LogP contribution is -2.29. The fraction of sp³-hybridized carbons (Fsp3) is 0.103. The molecule has 0 atom stereocenters. The fourth-order valence-electron chi connectivity index (χ4n) is 3.89. The molecule has 0 bridgehead atoms. The van der Waals surface area contributed by atoms with Crippen LogP contribution in [0.5, 0.6) is 11.5 Å². The number of hydrogen-bond acceptors (Lipinski definition) is 7. The van der Waals surface area contributed by atoms with Crippen LogP contribution < -0.4 is 20.5 Å². The molecule has 202 valence electrons. The molecule has 0 aliphatic carbocycles. The molecule has 0 unspecified atom stereocenters. The average molecular weight is 593 g/mol. The quantitative estimate of drug-likeness (QED) is 0.163. The van der Waals surface area contributed by atoms with Crippen molar-refractivity contribution < 1.29 is 14.3 Å². The predicted molar refractivity (Wildman–Crippen MR) is 159 cm³/mol. The van der Waals surface area contributed by atoms with Gasteiger partial charge in [-0.15, -0.1) is 11.3 Å². The smallest absolute Gasteiger partial charge is 0.262 e. The van der Waals surface area contributed by atoms with Gasteiger partial charge in [-0.25, -0.2) is 10.4 Å². The first-order chi connectivity index (χ1) is 19.4.